The van der Waals surface area contributed by atoms with E-state index in [1.807, 2.05) is 91.0 Å². The van der Waals surface area contributed by atoms with Gasteiger partial charge in [0.25, 0.3) is 9.97 Å². The third-order valence-corrected chi connectivity index (χ3v) is 15.0. The number of Topliss-reactive ketones (excluding diaryl/α,β-unsaturated/α-hetero) is 1. The van der Waals surface area contributed by atoms with E-state index in [9.17, 15) is 9.59 Å². The lowest BCUT2D eigenvalue weighted by Crippen LogP contribution is -2.59. The van der Waals surface area contributed by atoms with E-state index in [4.69, 9.17) is 46.4 Å². The van der Waals surface area contributed by atoms with Gasteiger partial charge in [-0.25, -0.2) is 0 Å². The van der Waals surface area contributed by atoms with Gasteiger partial charge < -0.3 is 5.32 Å². The number of benzene rings is 4. The maximum Gasteiger partial charge on any atom is 0.285 e. The van der Waals surface area contributed by atoms with E-state index in [-0.39, 0.29) is 0 Å². The number of halogens is 6. The van der Waals surface area contributed by atoms with Gasteiger partial charge in [-0.05, 0) is 64.5 Å². The summed E-state index contributed by atoms with van der Waals surface area (Å²) in [5.41, 5.74) is -1.11. The highest BCUT2D eigenvalue weighted by Gasteiger charge is 2.70. The first-order valence-electron chi connectivity index (χ1n) is 11.6. The number of hydrogen-bond donors (Lipinski definition) is 1. The lowest BCUT2D eigenvalue weighted by molar-refractivity contribution is -0.120. The molecule has 0 saturated heterocycles. The maximum absolute atomic E-state index is 14.8. The summed E-state index contributed by atoms with van der Waals surface area (Å²) in [4.78, 5) is 29.3. The van der Waals surface area contributed by atoms with Crippen molar-refractivity contribution in [3.05, 3.63) is 125 Å². The Morgan fingerprint density at radius 1 is 0.692 bits per heavy atom. The fraction of sp³-hybridized carbons (Fsp3) is 0.103. The molecule has 0 heterocycles. The smallest absolute Gasteiger partial charge is 0.285 e. The zero-order chi connectivity index (χ0) is 28.3. The highest BCUT2D eigenvalue weighted by Crippen LogP contribution is 2.69. The van der Waals surface area contributed by atoms with Crippen molar-refractivity contribution in [3.8, 4) is 0 Å². The summed E-state index contributed by atoms with van der Waals surface area (Å²) in [6.45, 7) is 0. The van der Waals surface area contributed by atoms with Gasteiger partial charge in [-0.1, -0.05) is 129 Å². The largest absolute Gasteiger partial charge is 0.331 e. The normalized spacial score (nSPS) is 14.2. The van der Waals surface area contributed by atoms with E-state index in [1.165, 1.54) is 0 Å². The second-order valence-electron chi connectivity index (χ2n) is 8.51. The third-order valence-electron chi connectivity index (χ3n) is 6.15. The van der Waals surface area contributed by atoms with Gasteiger partial charge in [0.15, 0.2) is 5.50 Å². The Kier molecular flexibility index (Phi) is 9.87. The molecule has 0 aromatic heterocycles. The summed E-state index contributed by atoms with van der Waals surface area (Å²) in [6, 6.07) is 35.4. The van der Waals surface area contributed by atoms with Crippen LogP contribution in [0, 0.1) is 0 Å². The summed E-state index contributed by atoms with van der Waals surface area (Å²) in [7, 11) is -3.22. The Labute approximate surface area is 264 Å². The minimum atomic E-state index is -3.22. The Balaban J connectivity index is 2.14. The maximum atomic E-state index is 14.8. The molecular weight excluding hydrogens is 727 g/mol. The van der Waals surface area contributed by atoms with Crippen LogP contribution in [0.1, 0.15) is 10.4 Å². The highest BCUT2D eigenvalue weighted by molar-refractivity contribution is 9.12. The van der Waals surface area contributed by atoms with Crippen molar-refractivity contribution in [1.29, 1.82) is 0 Å². The summed E-state index contributed by atoms with van der Waals surface area (Å²) >= 11 is 31.7. The topological polar surface area (TPSA) is 46.2 Å². The Hall–Kier alpha value is -1.43. The van der Waals surface area contributed by atoms with Gasteiger partial charge in [0.1, 0.15) is 23.2 Å². The number of hydrogen-bond acceptors (Lipinski definition) is 2. The predicted molar refractivity (Wildman–Crippen MR) is 173 cm³/mol. The number of carbonyl (C=O) groups is 2. The molecule has 200 valence electrons. The minimum Gasteiger partial charge on any atom is -0.331 e. The standard InChI is InChI=1S/C29H20Br2Cl4NO2P/c30-21-18-16-20(17-19-21)25(37)28(31,27(38)36-26(32)29(33,34)35)39(22-10-4-1-5-11-22,23-12-6-2-7-13-23)24-14-8-3-9-15-24/h1-19,26H/p+1. The molecule has 3 nitrogen and oxygen atoms in total. The van der Waals surface area contributed by atoms with E-state index in [2.05, 4.69) is 37.2 Å². The van der Waals surface area contributed by atoms with E-state index in [0.29, 0.717) is 5.56 Å². The molecule has 0 radical (unpaired) electrons. The van der Waals surface area contributed by atoms with Crippen molar-refractivity contribution < 1.29 is 9.59 Å². The molecule has 39 heavy (non-hydrogen) atoms. The van der Waals surface area contributed by atoms with Crippen molar-refractivity contribution >= 4 is 113 Å². The minimum absolute atomic E-state index is 0.317. The molecule has 1 N–H and O–H groups in total. The van der Waals surface area contributed by atoms with Crippen molar-refractivity contribution in [1.82, 2.24) is 5.32 Å². The van der Waals surface area contributed by atoms with Crippen LogP contribution >= 0.6 is 85.5 Å². The molecule has 0 aliphatic carbocycles. The molecular formula is C29H21Br2Cl4NO2P+. The number of carbonyl (C=O) groups excluding carboxylic acids is 2. The molecule has 4 rings (SSSR count). The Bertz CT molecular complexity index is 1340. The summed E-state index contributed by atoms with van der Waals surface area (Å²) < 4.78 is -3.14. The van der Waals surface area contributed by atoms with Crippen LogP contribution in [0.25, 0.3) is 0 Å². The van der Waals surface area contributed by atoms with Gasteiger partial charge in [0.05, 0.1) is 0 Å². The van der Waals surface area contributed by atoms with Crippen LogP contribution < -0.4 is 21.2 Å². The van der Waals surface area contributed by atoms with Crippen molar-refractivity contribution in [3.63, 3.8) is 0 Å². The fourth-order valence-electron chi connectivity index (χ4n) is 4.43. The van der Waals surface area contributed by atoms with Crippen molar-refractivity contribution in [2.75, 3.05) is 0 Å². The van der Waals surface area contributed by atoms with Crippen LogP contribution in [0.3, 0.4) is 0 Å². The second kappa shape index (κ2) is 12.6. The molecule has 0 spiro atoms. The number of ketones is 1. The zero-order valence-corrected chi connectivity index (χ0v) is 27.2. The van der Waals surface area contributed by atoms with Crippen molar-refractivity contribution in [2.45, 2.75) is 13.4 Å². The van der Waals surface area contributed by atoms with E-state index < -0.39 is 32.3 Å². The predicted octanol–water partition coefficient (Wildman–Crippen LogP) is 7.77. The van der Waals surface area contributed by atoms with E-state index in [0.717, 1.165) is 20.4 Å². The van der Waals surface area contributed by atoms with E-state index >= 15 is 0 Å². The van der Waals surface area contributed by atoms with Gasteiger partial charge in [0.2, 0.25) is 9.58 Å². The Morgan fingerprint density at radius 3 is 1.44 bits per heavy atom. The van der Waals surface area contributed by atoms with Crippen LogP contribution in [-0.2, 0) is 4.79 Å². The van der Waals surface area contributed by atoms with Crippen LogP contribution in [0.2, 0.25) is 0 Å². The monoisotopic (exact) mass is 744 g/mol. The lowest BCUT2D eigenvalue weighted by atomic mass is 10.1. The summed E-state index contributed by atoms with van der Waals surface area (Å²) in [5, 5.41) is 4.99. The molecule has 0 saturated carbocycles. The van der Waals surface area contributed by atoms with Gasteiger partial charge in [-0.2, -0.15) is 0 Å². The number of rotatable bonds is 8. The number of amides is 1. The first-order chi connectivity index (χ1) is 18.5. The molecule has 10 heteroatoms. The fourth-order valence-corrected chi connectivity index (χ4v) is 11.8. The number of alkyl halides is 5. The molecule has 0 fully saturated rings. The molecule has 1 amide bonds. The van der Waals surface area contributed by atoms with Gasteiger partial charge in [0, 0.05) is 10.0 Å². The molecule has 2 unspecified atom stereocenters. The molecule has 0 bridgehead atoms. The first kappa shape index (κ1) is 30.5. The van der Waals surface area contributed by atoms with Gasteiger partial charge in [-0.3, -0.25) is 9.59 Å². The van der Waals surface area contributed by atoms with Crippen LogP contribution in [0.4, 0.5) is 0 Å². The van der Waals surface area contributed by atoms with Gasteiger partial charge in [-0.15, -0.1) is 0 Å². The van der Waals surface area contributed by atoms with Gasteiger partial charge >= 0.3 is 0 Å². The Morgan fingerprint density at radius 2 is 1.08 bits per heavy atom. The molecule has 4 aromatic rings. The number of nitrogens with one attached hydrogen (secondary N) is 1. The summed E-state index contributed by atoms with van der Waals surface area (Å²) in [5.74, 6) is -1.20. The van der Waals surface area contributed by atoms with Crippen LogP contribution in [0.5, 0.6) is 0 Å². The van der Waals surface area contributed by atoms with Crippen LogP contribution in [-0.4, -0.2) is 25.0 Å². The second-order valence-corrected chi connectivity index (χ2v) is 17.6. The molecule has 0 aliphatic heterocycles. The SMILES string of the molecule is O=C(NC(Cl)C(Cl)(Cl)Cl)C(Br)(C(=O)c1ccc(Br)cc1)[P+](c1ccccc1)(c1ccccc1)c1ccccc1. The zero-order valence-electron chi connectivity index (χ0n) is 20.1. The average Bonchev–Trinajstić information content (AvgIpc) is 2.94. The lowest BCUT2D eigenvalue weighted by Gasteiger charge is -2.39. The van der Waals surface area contributed by atoms with E-state index in [1.54, 1.807) is 24.3 Å². The van der Waals surface area contributed by atoms with Crippen LogP contribution in [0.15, 0.2) is 120 Å². The molecule has 4 aromatic carbocycles. The quantitative estimate of drug-likeness (QED) is 0.0659. The molecule has 2 atom stereocenters. The molecule has 0 aliphatic rings. The average molecular weight is 748 g/mol. The first-order valence-corrected chi connectivity index (χ1v) is 16.5. The van der Waals surface area contributed by atoms with Crippen molar-refractivity contribution in [2.24, 2.45) is 0 Å². The third kappa shape index (κ3) is 5.97. The summed E-state index contributed by atoms with van der Waals surface area (Å²) in [6.07, 6.45) is 0. The highest BCUT2D eigenvalue weighted by atomic mass is 79.9.